The molecule has 2 aromatic carbocycles. The highest BCUT2D eigenvalue weighted by Gasteiger charge is 2.29. The van der Waals surface area contributed by atoms with E-state index in [4.69, 9.17) is 27.7 Å². The van der Waals surface area contributed by atoms with E-state index < -0.39 is 0 Å². The summed E-state index contributed by atoms with van der Waals surface area (Å²) < 4.78 is 5.34. The van der Waals surface area contributed by atoms with Gasteiger partial charge in [-0.3, -0.25) is 4.79 Å². The number of halogens is 2. The number of carbonyl (C=O) groups is 1. The van der Waals surface area contributed by atoms with Crippen LogP contribution in [0.5, 0.6) is 0 Å². The fraction of sp³-hybridized carbons (Fsp3) is 0.238. The molecule has 7 heteroatoms. The average molecular weight is 416 g/mol. The van der Waals surface area contributed by atoms with Crippen molar-refractivity contribution in [3.8, 4) is 11.3 Å². The zero-order valence-electron chi connectivity index (χ0n) is 15.4. The summed E-state index contributed by atoms with van der Waals surface area (Å²) in [6.45, 7) is 4.36. The van der Waals surface area contributed by atoms with Gasteiger partial charge in [-0.1, -0.05) is 58.7 Å². The Labute approximate surface area is 173 Å². The largest absolute Gasteiger partial charge is 0.367 e. The summed E-state index contributed by atoms with van der Waals surface area (Å²) in [4.78, 5) is 17.3. The Morgan fingerprint density at radius 3 is 2.29 bits per heavy atom. The number of aryl methyl sites for hydroxylation is 1. The van der Waals surface area contributed by atoms with Crippen LogP contribution in [0.2, 0.25) is 10.0 Å². The van der Waals surface area contributed by atoms with E-state index in [9.17, 15) is 4.79 Å². The van der Waals surface area contributed by atoms with Crippen molar-refractivity contribution < 1.29 is 9.32 Å². The summed E-state index contributed by atoms with van der Waals surface area (Å²) in [5.41, 5.74) is 2.65. The maximum Gasteiger partial charge on any atom is 0.259 e. The first-order valence-corrected chi connectivity index (χ1v) is 9.82. The predicted molar refractivity (Wildman–Crippen MR) is 111 cm³/mol. The lowest BCUT2D eigenvalue weighted by molar-refractivity contribution is 0.0745. The Kier molecular flexibility index (Phi) is 5.29. The summed E-state index contributed by atoms with van der Waals surface area (Å²) in [5.74, 6) is 0.404. The van der Waals surface area contributed by atoms with Gasteiger partial charge in [0, 0.05) is 31.7 Å². The molecule has 28 heavy (non-hydrogen) atoms. The molecule has 0 unspecified atom stereocenters. The van der Waals surface area contributed by atoms with Crippen LogP contribution in [-0.4, -0.2) is 42.1 Å². The van der Waals surface area contributed by atoms with Gasteiger partial charge in [0.25, 0.3) is 5.91 Å². The lowest BCUT2D eigenvalue weighted by atomic mass is 10.0. The molecule has 0 spiro atoms. The first kappa shape index (κ1) is 18.8. The van der Waals surface area contributed by atoms with Gasteiger partial charge in [0.15, 0.2) is 0 Å². The third kappa shape index (κ3) is 3.48. The van der Waals surface area contributed by atoms with Crippen LogP contribution in [0.3, 0.4) is 0 Å². The van der Waals surface area contributed by atoms with Crippen molar-refractivity contribution in [2.45, 2.75) is 6.92 Å². The van der Waals surface area contributed by atoms with Gasteiger partial charge in [-0.05, 0) is 25.1 Å². The quantitative estimate of drug-likeness (QED) is 0.608. The highest BCUT2D eigenvalue weighted by Crippen LogP contribution is 2.32. The Bertz CT molecular complexity index is 1010. The number of rotatable bonds is 3. The smallest absolute Gasteiger partial charge is 0.259 e. The van der Waals surface area contributed by atoms with Crippen LogP contribution in [-0.2, 0) is 0 Å². The molecule has 2 heterocycles. The van der Waals surface area contributed by atoms with Gasteiger partial charge >= 0.3 is 0 Å². The molecule has 3 aromatic rings. The Hall–Kier alpha value is -2.50. The van der Waals surface area contributed by atoms with Crippen molar-refractivity contribution in [3.05, 3.63) is 69.9 Å². The standard InChI is InChI=1S/C21H19Cl2N3O2/c1-14-19(20(24-28-14)15-6-2-3-7-16(15)22)21(27)26-12-10-25(11-13-26)18-9-5-4-8-17(18)23/h2-9H,10-13H2,1H3. The minimum Gasteiger partial charge on any atom is -0.367 e. The molecule has 0 saturated carbocycles. The summed E-state index contributed by atoms with van der Waals surface area (Å²) >= 11 is 12.6. The summed E-state index contributed by atoms with van der Waals surface area (Å²) in [6.07, 6.45) is 0. The third-order valence-corrected chi connectivity index (χ3v) is 5.61. The first-order chi connectivity index (χ1) is 13.6. The second-order valence-electron chi connectivity index (χ2n) is 6.67. The lowest BCUT2D eigenvalue weighted by Gasteiger charge is -2.36. The minimum absolute atomic E-state index is 0.0903. The summed E-state index contributed by atoms with van der Waals surface area (Å²) in [7, 11) is 0. The number of piperazine rings is 1. The molecule has 0 bridgehead atoms. The number of nitrogens with zero attached hydrogens (tertiary/aromatic N) is 3. The van der Waals surface area contributed by atoms with Gasteiger partial charge in [-0.2, -0.15) is 0 Å². The molecular formula is C21H19Cl2N3O2. The number of amides is 1. The number of hydrogen-bond acceptors (Lipinski definition) is 4. The van der Waals surface area contributed by atoms with E-state index in [1.165, 1.54) is 0 Å². The van der Waals surface area contributed by atoms with Crippen LogP contribution in [0.15, 0.2) is 53.1 Å². The van der Waals surface area contributed by atoms with Crippen molar-refractivity contribution in [3.63, 3.8) is 0 Å². The van der Waals surface area contributed by atoms with Crippen molar-refractivity contribution in [2.75, 3.05) is 31.1 Å². The van der Waals surface area contributed by atoms with Crippen molar-refractivity contribution in [1.29, 1.82) is 0 Å². The normalized spacial score (nSPS) is 14.4. The molecule has 5 nitrogen and oxygen atoms in total. The van der Waals surface area contributed by atoms with Crippen LogP contribution in [0.1, 0.15) is 16.1 Å². The van der Waals surface area contributed by atoms with Gasteiger partial charge < -0.3 is 14.3 Å². The van der Waals surface area contributed by atoms with E-state index in [1.807, 2.05) is 47.4 Å². The second kappa shape index (κ2) is 7.86. The van der Waals surface area contributed by atoms with Crippen LogP contribution in [0.25, 0.3) is 11.3 Å². The van der Waals surface area contributed by atoms with Gasteiger partial charge in [0.1, 0.15) is 17.0 Å². The number of anilines is 1. The molecule has 1 aliphatic rings. The van der Waals surface area contributed by atoms with Gasteiger partial charge in [-0.25, -0.2) is 0 Å². The molecule has 1 amide bonds. The molecule has 0 N–H and O–H groups in total. The van der Waals surface area contributed by atoms with Crippen molar-refractivity contribution >= 4 is 34.8 Å². The average Bonchev–Trinajstić information content (AvgIpc) is 3.09. The molecule has 1 fully saturated rings. The Morgan fingerprint density at radius 2 is 1.61 bits per heavy atom. The molecule has 0 aliphatic carbocycles. The summed E-state index contributed by atoms with van der Waals surface area (Å²) in [5, 5.41) is 5.36. The minimum atomic E-state index is -0.0903. The molecule has 1 aliphatic heterocycles. The molecule has 0 atom stereocenters. The number of carbonyl (C=O) groups excluding carboxylic acids is 1. The molecule has 0 radical (unpaired) electrons. The van der Waals surface area contributed by atoms with E-state index in [2.05, 4.69) is 10.1 Å². The van der Waals surface area contributed by atoms with E-state index >= 15 is 0 Å². The van der Waals surface area contributed by atoms with E-state index in [0.29, 0.717) is 53.8 Å². The van der Waals surface area contributed by atoms with Crippen LogP contribution >= 0.6 is 23.2 Å². The SMILES string of the molecule is Cc1onc(-c2ccccc2Cl)c1C(=O)N1CCN(c2ccccc2Cl)CC1. The van der Waals surface area contributed by atoms with E-state index in [1.54, 1.807) is 13.0 Å². The first-order valence-electron chi connectivity index (χ1n) is 9.06. The maximum absolute atomic E-state index is 13.2. The van der Waals surface area contributed by atoms with Crippen molar-refractivity contribution in [1.82, 2.24) is 10.1 Å². The molecular weight excluding hydrogens is 397 g/mol. The fourth-order valence-electron chi connectivity index (χ4n) is 3.48. The second-order valence-corrected chi connectivity index (χ2v) is 7.49. The number of hydrogen-bond donors (Lipinski definition) is 0. The van der Waals surface area contributed by atoms with Crippen LogP contribution in [0, 0.1) is 6.92 Å². The fourth-order valence-corrected chi connectivity index (χ4v) is 3.96. The van der Waals surface area contributed by atoms with Crippen LogP contribution in [0.4, 0.5) is 5.69 Å². The van der Waals surface area contributed by atoms with Gasteiger partial charge in [0.2, 0.25) is 0 Å². The van der Waals surface area contributed by atoms with Gasteiger partial charge in [-0.15, -0.1) is 0 Å². The van der Waals surface area contributed by atoms with E-state index in [-0.39, 0.29) is 5.91 Å². The maximum atomic E-state index is 13.2. The highest BCUT2D eigenvalue weighted by atomic mass is 35.5. The molecule has 1 saturated heterocycles. The molecule has 1 aromatic heterocycles. The zero-order chi connectivity index (χ0) is 19.7. The van der Waals surface area contributed by atoms with Gasteiger partial charge in [0.05, 0.1) is 15.7 Å². The zero-order valence-corrected chi connectivity index (χ0v) is 16.9. The third-order valence-electron chi connectivity index (χ3n) is 4.97. The Morgan fingerprint density at radius 1 is 0.964 bits per heavy atom. The topological polar surface area (TPSA) is 49.6 Å². The number of aromatic nitrogens is 1. The van der Waals surface area contributed by atoms with Crippen LogP contribution < -0.4 is 4.90 Å². The van der Waals surface area contributed by atoms with Crippen molar-refractivity contribution in [2.24, 2.45) is 0 Å². The predicted octanol–water partition coefficient (Wildman–Crippen LogP) is 4.92. The summed E-state index contributed by atoms with van der Waals surface area (Å²) in [6, 6.07) is 15.1. The van der Waals surface area contributed by atoms with E-state index in [0.717, 1.165) is 10.7 Å². The lowest BCUT2D eigenvalue weighted by Crippen LogP contribution is -2.49. The highest BCUT2D eigenvalue weighted by molar-refractivity contribution is 6.33. The molecule has 4 rings (SSSR count). The number of benzene rings is 2. The number of para-hydroxylation sites is 1. The monoisotopic (exact) mass is 415 g/mol. The Balaban J connectivity index is 1.55. The molecule has 144 valence electrons.